The Balaban J connectivity index is 3.55. The lowest BCUT2D eigenvalue weighted by molar-refractivity contribution is -0.126. The van der Waals surface area contributed by atoms with Crippen molar-refractivity contribution in [1.82, 2.24) is 5.32 Å². The minimum atomic E-state index is -0.505. The van der Waals surface area contributed by atoms with Crippen LogP contribution in [0.25, 0.3) is 0 Å². The third kappa shape index (κ3) is 8.30. The van der Waals surface area contributed by atoms with Crippen molar-refractivity contribution in [3.8, 4) is 0 Å². The first-order chi connectivity index (χ1) is 7.07. The number of rotatable bonds is 8. The number of thioether (sulfide) groups is 1. The molecule has 15 heavy (non-hydrogen) atoms. The second kappa shape index (κ2) is 8.59. The van der Waals surface area contributed by atoms with E-state index in [1.54, 1.807) is 11.8 Å². The van der Waals surface area contributed by atoms with Gasteiger partial charge in [-0.1, -0.05) is 20.3 Å². The Kier molecular flexibility index (Phi) is 8.18. The molecule has 0 aliphatic heterocycles. The van der Waals surface area contributed by atoms with Crippen LogP contribution in [0.1, 0.15) is 26.7 Å². The van der Waals surface area contributed by atoms with E-state index >= 15 is 0 Å². The van der Waals surface area contributed by atoms with Gasteiger partial charge in [-0.05, 0) is 12.2 Å². The van der Waals surface area contributed by atoms with E-state index in [2.05, 4.69) is 12.2 Å². The molecule has 0 fully saturated rings. The maximum atomic E-state index is 11.4. The normalized spacial score (nSPS) is 12.1. The van der Waals surface area contributed by atoms with Gasteiger partial charge < -0.3 is 11.1 Å². The van der Waals surface area contributed by atoms with Crippen LogP contribution in [0.4, 0.5) is 0 Å². The van der Waals surface area contributed by atoms with Crippen LogP contribution in [0.2, 0.25) is 0 Å². The molecule has 0 saturated heterocycles. The molecule has 0 radical (unpaired) electrons. The summed E-state index contributed by atoms with van der Waals surface area (Å²) in [6, 6.07) is 0. The van der Waals surface area contributed by atoms with Gasteiger partial charge in [-0.15, -0.1) is 0 Å². The summed E-state index contributed by atoms with van der Waals surface area (Å²) in [5, 5.41) is 2.50. The molecule has 0 heterocycles. The number of amides is 2. The Morgan fingerprint density at radius 2 is 2.13 bits per heavy atom. The molecule has 5 heteroatoms. The minimum absolute atomic E-state index is 0.0637. The summed E-state index contributed by atoms with van der Waals surface area (Å²) in [6.07, 6.45) is 2.36. The lowest BCUT2D eigenvalue weighted by atomic mass is 10.2. The van der Waals surface area contributed by atoms with E-state index in [0.29, 0.717) is 0 Å². The fourth-order valence-corrected chi connectivity index (χ4v) is 2.10. The molecule has 0 saturated carbocycles. The first kappa shape index (κ1) is 14.3. The minimum Gasteiger partial charge on any atom is -0.368 e. The summed E-state index contributed by atoms with van der Waals surface area (Å²) in [4.78, 5) is 21.8. The highest BCUT2D eigenvalue weighted by atomic mass is 32.2. The fraction of sp³-hybridized carbons (Fsp3) is 0.800. The zero-order valence-corrected chi connectivity index (χ0v) is 10.2. The van der Waals surface area contributed by atoms with Crippen molar-refractivity contribution in [3.63, 3.8) is 0 Å². The van der Waals surface area contributed by atoms with Crippen molar-refractivity contribution in [3.05, 3.63) is 0 Å². The number of nitrogens with two attached hydrogens (primary N) is 1. The van der Waals surface area contributed by atoms with Crippen molar-refractivity contribution >= 4 is 23.6 Å². The van der Waals surface area contributed by atoms with E-state index < -0.39 is 5.91 Å². The molecule has 4 nitrogen and oxygen atoms in total. The Labute approximate surface area is 95.4 Å². The maximum Gasteiger partial charge on any atom is 0.236 e. The van der Waals surface area contributed by atoms with Gasteiger partial charge >= 0.3 is 0 Å². The number of carbonyl (C=O) groups excluding carboxylic acids is 2. The molecule has 88 valence electrons. The van der Waals surface area contributed by atoms with Crippen LogP contribution in [-0.4, -0.2) is 29.9 Å². The Morgan fingerprint density at radius 3 is 2.67 bits per heavy atom. The third-order valence-corrected chi connectivity index (χ3v) is 3.21. The van der Waals surface area contributed by atoms with Gasteiger partial charge in [-0.25, -0.2) is 0 Å². The number of primary amides is 1. The molecule has 0 aromatic carbocycles. The first-order valence-electron chi connectivity index (χ1n) is 5.21. The molecule has 0 bridgehead atoms. The summed E-state index contributed by atoms with van der Waals surface area (Å²) >= 11 is 1.77. The SMILES string of the molecule is CCCCSCC(C)C(=O)NCC(N)=O. The van der Waals surface area contributed by atoms with Crippen LogP contribution < -0.4 is 11.1 Å². The topological polar surface area (TPSA) is 72.2 Å². The number of hydrogen-bond donors (Lipinski definition) is 2. The van der Waals surface area contributed by atoms with Crippen molar-refractivity contribution in [2.24, 2.45) is 11.7 Å². The molecule has 3 N–H and O–H groups in total. The monoisotopic (exact) mass is 232 g/mol. The third-order valence-electron chi connectivity index (χ3n) is 1.89. The van der Waals surface area contributed by atoms with Gasteiger partial charge in [0.2, 0.25) is 11.8 Å². The summed E-state index contributed by atoms with van der Waals surface area (Å²) in [5.74, 6) is 1.22. The molecule has 0 aromatic heterocycles. The molecular weight excluding hydrogens is 212 g/mol. The zero-order valence-electron chi connectivity index (χ0n) is 9.41. The second-order valence-electron chi connectivity index (χ2n) is 3.51. The van der Waals surface area contributed by atoms with Crippen LogP contribution in [0, 0.1) is 5.92 Å². The van der Waals surface area contributed by atoms with Gasteiger partial charge in [0.1, 0.15) is 0 Å². The van der Waals surface area contributed by atoms with Crippen LogP contribution >= 0.6 is 11.8 Å². The number of carbonyl (C=O) groups is 2. The van der Waals surface area contributed by atoms with Crippen molar-refractivity contribution < 1.29 is 9.59 Å². The van der Waals surface area contributed by atoms with Crippen LogP contribution in [0.5, 0.6) is 0 Å². The van der Waals surface area contributed by atoms with Gasteiger partial charge in [0.25, 0.3) is 0 Å². The van der Waals surface area contributed by atoms with Gasteiger partial charge in [0.05, 0.1) is 6.54 Å². The van der Waals surface area contributed by atoms with Crippen LogP contribution in [0.15, 0.2) is 0 Å². The second-order valence-corrected chi connectivity index (χ2v) is 4.66. The van der Waals surface area contributed by atoms with Crippen molar-refractivity contribution in [2.45, 2.75) is 26.7 Å². The van der Waals surface area contributed by atoms with E-state index in [1.807, 2.05) is 6.92 Å². The summed E-state index contributed by atoms with van der Waals surface area (Å²) < 4.78 is 0. The van der Waals surface area contributed by atoms with E-state index in [1.165, 1.54) is 12.8 Å². The van der Waals surface area contributed by atoms with Crippen LogP contribution in [-0.2, 0) is 9.59 Å². The lowest BCUT2D eigenvalue weighted by Gasteiger charge is -2.10. The number of unbranched alkanes of at least 4 members (excludes halogenated alkanes) is 1. The van der Waals surface area contributed by atoms with E-state index in [-0.39, 0.29) is 18.4 Å². The van der Waals surface area contributed by atoms with E-state index in [4.69, 9.17) is 5.73 Å². The molecule has 2 amide bonds. The van der Waals surface area contributed by atoms with E-state index in [9.17, 15) is 9.59 Å². The Hall–Kier alpha value is -0.710. The van der Waals surface area contributed by atoms with Gasteiger partial charge in [0.15, 0.2) is 0 Å². The molecule has 0 aliphatic rings. The Bertz CT molecular complexity index is 210. The quantitative estimate of drug-likeness (QED) is 0.607. The highest BCUT2D eigenvalue weighted by Gasteiger charge is 2.12. The predicted octanol–water partition coefficient (Wildman–Crippen LogP) is 0.757. The molecule has 1 unspecified atom stereocenters. The summed E-state index contributed by atoms with van der Waals surface area (Å²) in [6.45, 7) is 3.93. The standard InChI is InChI=1S/C10H20N2O2S/c1-3-4-5-15-7-8(2)10(14)12-6-9(11)13/h8H,3-7H2,1-2H3,(H2,11,13)(H,12,14). The van der Waals surface area contributed by atoms with Crippen molar-refractivity contribution in [2.75, 3.05) is 18.1 Å². The molecule has 1 atom stereocenters. The average Bonchev–Trinajstić information content (AvgIpc) is 2.20. The highest BCUT2D eigenvalue weighted by molar-refractivity contribution is 7.99. The van der Waals surface area contributed by atoms with Gasteiger partial charge in [-0.3, -0.25) is 9.59 Å². The zero-order chi connectivity index (χ0) is 11.7. The number of hydrogen-bond acceptors (Lipinski definition) is 3. The average molecular weight is 232 g/mol. The van der Waals surface area contributed by atoms with Crippen LogP contribution in [0.3, 0.4) is 0 Å². The number of nitrogens with one attached hydrogen (secondary N) is 1. The molecule has 0 spiro atoms. The first-order valence-corrected chi connectivity index (χ1v) is 6.37. The van der Waals surface area contributed by atoms with Crippen molar-refractivity contribution in [1.29, 1.82) is 0 Å². The largest absolute Gasteiger partial charge is 0.368 e. The molecular formula is C10H20N2O2S. The predicted molar refractivity (Wildman–Crippen MR) is 63.6 cm³/mol. The fourth-order valence-electron chi connectivity index (χ4n) is 0.931. The Morgan fingerprint density at radius 1 is 1.47 bits per heavy atom. The van der Waals surface area contributed by atoms with E-state index in [0.717, 1.165) is 11.5 Å². The molecule has 0 rings (SSSR count). The summed E-state index contributed by atoms with van der Waals surface area (Å²) in [5.41, 5.74) is 4.92. The molecule has 0 aliphatic carbocycles. The maximum absolute atomic E-state index is 11.4. The highest BCUT2D eigenvalue weighted by Crippen LogP contribution is 2.10. The van der Waals surface area contributed by atoms with Gasteiger partial charge in [0, 0.05) is 11.7 Å². The smallest absolute Gasteiger partial charge is 0.236 e. The van der Waals surface area contributed by atoms with Gasteiger partial charge in [-0.2, -0.15) is 11.8 Å². The summed E-state index contributed by atoms with van der Waals surface area (Å²) in [7, 11) is 0. The lowest BCUT2D eigenvalue weighted by Crippen LogP contribution is -2.37. The molecule has 0 aromatic rings.